The zero-order valence-electron chi connectivity index (χ0n) is 10.1. The van der Waals surface area contributed by atoms with Gasteiger partial charge in [-0.05, 0) is 82.4 Å². The topological polar surface area (TPSA) is 15.3 Å². The number of nitrogens with one attached hydrogen (secondary N) is 1. The largest absolute Gasteiger partial charge is 0.382 e. The van der Waals surface area contributed by atoms with E-state index in [1.54, 1.807) is 0 Å². The van der Waals surface area contributed by atoms with Gasteiger partial charge in [0.2, 0.25) is 0 Å². The fourth-order valence-corrected chi connectivity index (χ4v) is 3.91. The van der Waals surface area contributed by atoms with Gasteiger partial charge in [0.15, 0.2) is 0 Å². The Labute approximate surface area is 120 Å². The van der Waals surface area contributed by atoms with Crippen LogP contribution in [0.15, 0.2) is 21.1 Å². The molecule has 0 aliphatic carbocycles. The Morgan fingerprint density at radius 3 is 2.35 bits per heavy atom. The number of likely N-dealkylation sites (tertiary alicyclic amines) is 1. The first-order valence-electron chi connectivity index (χ1n) is 6.08. The van der Waals surface area contributed by atoms with Crippen molar-refractivity contribution in [2.75, 3.05) is 31.5 Å². The summed E-state index contributed by atoms with van der Waals surface area (Å²) in [7, 11) is 0. The normalized spacial score (nSPS) is 16.4. The molecule has 1 heterocycles. The molecule has 1 saturated heterocycles. The second kappa shape index (κ2) is 6.21. The van der Waals surface area contributed by atoms with Gasteiger partial charge in [-0.1, -0.05) is 0 Å². The van der Waals surface area contributed by atoms with Gasteiger partial charge in [-0.15, -0.1) is 0 Å². The Morgan fingerprint density at radius 2 is 1.76 bits per heavy atom. The van der Waals surface area contributed by atoms with Crippen LogP contribution in [-0.2, 0) is 0 Å². The van der Waals surface area contributed by atoms with Crippen LogP contribution in [0.3, 0.4) is 0 Å². The molecule has 0 unspecified atom stereocenters. The van der Waals surface area contributed by atoms with Crippen LogP contribution in [0.1, 0.15) is 18.4 Å². The Balaban J connectivity index is 1.89. The predicted octanol–water partition coefficient (Wildman–Crippen LogP) is 4.03. The van der Waals surface area contributed by atoms with Crippen molar-refractivity contribution in [2.45, 2.75) is 19.8 Å². The summed E-state index contributed by atoms with van der Waals surface area (Å²) in [5.74, 6) is 0. The zero-order valence-corrected chi connectivity index (χ0v) is 13.3. The fourth-order valence-electron chi connectivity index (χ4n) is 2.21. The summed E-state index contributed by atoms with van der Waals surface area (Å²) in [6, 6.07) is 4.28. The van der Waals surface area contributed by atoms with Crippen LogP contribution >= 0.6 is 31.9 Å². The van der Waals surface area contributed by atoms with Crippen molar-refractivity contribution in [3.63, 3.8) is 0 Å². The van der Waals surface area contributed by atoms with E-state index in [2.05, 4.69) is 61.1 Å². The molecular weight excluding hydrogens is 344 g/mol. The Bertz CT molecular complexity index is 364. The highest BCUT2D eigenvalue weighted by molar-refractivity contribution is 9.11. The molecule has 2 rings (SSSR count). The van der Waals surface area contributed by atoms with Crippen LogP contribution in [0.5, 0.6) is 0 Å². The molecule has 1 aromatic rings. The number of nitrogens with zero attached hydrogens (tertiary/aromatic N) is 1. The summed E-state index contributed by atoms with van der Waals surface area (Å²) in [6.07, 6.45) is 2.72. The highest BCUT2D eigenvalue weighted by atomic mass is 79.9. The lowest BCUT2D eigenvalue weighted by Gasteiger charge is -2.17. The van der Waals surface area contributed by atoms with E-state index in [0.717, 1.165) is 27.7 Å². The number of benzene rings is 1. The van der Waals surface area contributed by atoms with Gasteiger partial charge < -0.3 is 10.2 Å². The molecule has 0 aromatic heterocycles. The number of hydrogen-bond donors (Lipinski definition) is 1. The highest BCUT2D eigenvalue weighted by Crippen LogP contribution is 2.32. The minimum absolute atomic E-state index is 1.00. The maximum absolute atomic E-state index is 3.61. The minimum atomic E-state index is 1.00. The Hall–Kier alpha value is -0.0600. The summed E-state index contributed by atoms with van der Waals surface area (Å²) in [5, 5.41) is 3.50. The van der Waals surface area contributed by atoms with Crippen LogP contribution in [0.4, 0.5) is 5.69 Å². The molecule has 94 valence electrons. The Kier molecular flexibility index (Phi) is 4.88. The molecule has 0 saturated carbocycles. The smallest absolute Gasteiger partial charge is 0.0629 e. The van der Waals surface area contributed by atoms with Crippen molar-refractivity contribution in [2.24, 2.45) is 0 Å². The number of hydrogen-bond acceptors (Lipinski definition) is 2. The third-order valence-corrected chi connectivity index (χ3v) is 4.37. The van der Waals surface area contributed by atoms with Gasteiger partial charge in [-0.25, -0.2) is 0 Å². The molecule has 1 fully saturated rings. The van der Waals surface area contributed by atoms with Crippen molar-refractivity contribution >= 4 is 37.5 Å². The van der Waals surface area contributed by atoms with Crippen molar-refractivity contribution in [3.8, 4) is 0 Å². The zero-order chi connectivity index (χ0) is 12.3. The van der Waals surface area contributed by atoms with E-state index in [1.165, 1.54) is 31.5 Å². The molecule has 1 aromatic carbocycles. The monoisotopic (exact) mass is 360 g/mol. The minimum Gasteiger partial charge on any atom is -0.382 e. The SMILES string of the molecule is Cc1cc(Br)c(NCCN2CCCC2)c(Br)c1. The van der Waals surface area contributed by atoms with Crippen LogP contribution in [0, 0.1) is 6.92 Å². The van der Waals surface area contributed by atoms with Crippen LogP contribution in [0.2, 0.25) is 0 Å². The molecule has 2 nitrogen and oxygen atoms in total. The average molecular weight is 362 g/mol. The predicted molar refractivity (Wildman–Crippen MR) is 80.7 cm³/mol. The molecule has 1 N–H and O–H groups in total. The quantitative estimate of drug-likeness (QED) is 0.870. The maximum atomic E-state index is 3.61. The summed E-state index contributed by atoms with van der Waals surface area (Å²) < 4.78 is 2.26. The second-order valence-electron chi connectivity index (χ2n) is 4.58. The van der Waals surface area contributed by atoms with Gasteiger partial charge in [0, 0.05) is 22.0 Å². The van der Waals surface area contributed by atoms with E-state index >= 15 is 0 Å². The first-order chi connectivity index (χ1) is 8.16. The standard InChI is InChI=1S/C13H18Br2N2/c1-10-8-11(14)13(12(15)9-10)16-4-7-17-5-2-3-6-17/h8-9,16H,2-7H2,1H3. The van der Waals surface area contributed by atoms with Crippen LogP contribution in [-0.4, -0.2) is 31.1 Å². The molecule has 0 radical (unpaired) electrons. The first kappa shape index (κ1) is 13.4. The Morgan fingerprint density at radius 1 is 1.18 bits per heavy atom. The molecular formula is C13H18Br2N2. The summed E-state index contributed by atoms with van der Waals surface area (Å²) in [6.45, 7) is 6.76. The molecule has 0 amide bonds. The molecule has 0 spiro atoms. The molecule has 0 bridgehead atoms. The fraction of sp³-hybridized carbons (Fsp3) is 0.538. The van der Waals surface area contributed by atoms with Gasteiger partial charge in [-0.3, -0.25) is 0 Å². The molecule has 1 aliphatic heterocycles. The number of rotatable bonds is 4. The van der Waals surface area contributed by atoms with Gasteiger partial charge in [0.05, 0.1) is 5.69 Å². The van der Waals surface area contributed by atoms with Crippen molar-refractivity contribution < 1.29 is 0 Å². The van der Waals surface area contributed by atoms with Crippen molar-refractivity contribution in [1.82, 2.24) is 4.90 Å². The molecule has 1 aliphatic rings. The molecule has 17 heavy (non-hydrogen) atoms. The molecule has 4 heteroatoms. The van der Waals surface area contributed by atoms with E-state index in [-0.39, 0.29) is 0 Å². The average Bonchev–Trinajstić information content (AvgIpc) is 2.74. The van der Waals surface area contributed by atoms with Gasteiger partial charge in [0.1, 0.15) is 0 Å². The van der Waals surface area contributed by atoms with E-state index in [9.17, 15) is 0 Å². The molecule has 0 atom stereocenters. The van der Waals surface area contributed by atoms with Crippen LogP contribution in [0.25, 0.3) is 0 Å². The van der Waals surface area contributed by atoms with Gasteiger partial charge >= 0.3 is 0 Å². The first-order valence-corrected chi connectivity index (χ1v) is 7.67. The maximum Gasteiger partial charge on any atom is 0.0629 e. The third kappa shape index (κ3) is 3.70. The van der Waals surface area contributed by atoms with Gasteiger partial charge in [-0.2, -0.15) is 0 Å². The van der Waals surface area contributed by atoms with Crippen molar-refractivity contribution in [1.29, 1.82) is 0 Å². The van der Waals surface area contributed by atoms with E-state index in [0.29, 0.717) is 0 Å². The van der Waals surface area contributed by atoms with E-state index < -0.39 is 0 Å². The second-order valence-corrected chi connectivity index (χ2v) is 6.29. The number of anilines is 1. The summed E-state index contributed by atoms with van der Waals surface area (Å²) in [4.78, 5) is 2.52. The summed E-state index contributed by atoms with van der Waals surface area (Å²) >= 11 is 7.21. The van der Waals surface area contributed by atoms with Gasteiger partial charge in [0.25, 0.3) is 0 Å². The van der Waals surface area contributed by atoms with E-state index in [4.69, 9.17) is 0 Å². The third-order valence-electron chi connectivity index (χ3n) is 3.11. The van der Waals surface area contributed by atoms with E-state index in [1.807, 2.05) is 0 Å². The highest BCUT2D eigenvalue weighted by Gasteiger charge is 2.11. The number of halogens is 2. The van der Waals surface area contributed by atoms with Crippen molar-refractivity contribution in [3.05, 3.63) is 26.6 Å². The lowest BCUT2D eigenvalue weighted by atomic mass is 10.2. The number of aryl methyl sites for hydroxylation is 1. The summed E-state index contributed by atoms with van der Waals surface area (Å²) in [5.41, 5.74) is 2.42. The lowest BCUT2D eigenvalue weighted by molar-refractivity contribution is 0.352. The van der Waals surface area contributed by atoms with Crippen LogP contribution < -0.4 is 5.32 Å². The lowest BCUT2D eigenvalue weighted by Crippen LogP contribution is -2.26.